The van der Waals surface area contributed by atoms with Gasteiger partial charge in [0.25, 0.3) is 0 Å². The maximum Gasteiger partial charge on any atom is -0.00143 e. The van der Waals surface area contributed by atoms with Crippen molar-refractivity contribution in [3.05, 3.63) is 254 Å². The minimum absolute atomic E-state index is 1.29. The van der Waals surface area contributed by atoms with Gasteiger partial charge in [0.1, 0.15) is 0 Å². The third kappa shape index (κ3) is 7.10. The van der Waals surface area contributed by atoms with Gasteiger partial charge < -0.3 is 0 Å². The quantitative estimate of drug-likeness (QED) is 0.153. The lowest BCUT2D eigenvalue weighted by Gasteiger charge is -2.17. The maximum absolute atomic E-state index is 2.31. The van der Waals surface area contributed by atoms with Crippen molar-refractivity contribution in [2.75, 3.05) is 0 Å². The Bertz CT molecular complexity index is 3150. The van der Waals surface area contributed by atoms with E-state index in [4.69, 9.17) is 0 Å². The Hall–Kier alpha value is -8.06. The zero-order chi connectivity index (χ0) is 43.0. The van der Waals surface area contributed by atoms with E-state index >= 15 is 0 Å². The average Bonchev–Trinajstić information content (AvgIpc) is 3.35. The van der Waals surface area contributed by atoms with E-state index in [1.165, 1.54) is 120 Å². The third-order valence-corrected chi connectivity index (χ3v) is 12.8. The molecule has 0 N–H and O–H groups in total. The van der Waals surface area contributed by atoms with Crippen LogP contribution in [0.15, 0.2) is 243 Å². The first-order chi connectivity index (χ1) is 31.6. The molecule has 0 amide bonds. The van der Waals surface area contributed by atoms with Crippen molar-refractivity contribution in [2.45, 2.75) is 13.8 Å². The Morgan fingerprint density at radius 3 is 0.469 bits per heavy atom. The van der Waals surface area contributed by atoms with E-state index in [2.05, 4.69) is 257 Å². The standard InChI is InChI=1S/2C28H18.C8H10/c2*1-5-13-23-19(9-1)17-20-10-2-6-14-24(20)27(23)28-25-15-7-3-11-21(25)18-22-12-4-8-16-26(22)28;1-7-3-5-8(2)6-4-7/h2*1-18H;3-6H,1-2H3. The molecule has 0 aliphatic carbocycles. The van der Waals surface area contributed by atoms with Crippen LogP contribution in [0.5, 0.6) is 0 Å². The van der Waals surface area contributed by atoms with E-state index in [1.807, 2.05) is 0 Å². The molecule has 302 valence electrons. The number of rotatable bonds is 2. The molecule has 0 bridgehead atoms. The van der Waals surface area contributed by atoms with Crippen molar-refractivity contribution in [1.82, 2.24) is 0 Å². The number of hydrogen-bond acceptors (Lipinski definition) is 0. The fourth-order valence-corrected chi connectivity index (χ4v) is 9.77. The Labute approximate surface area is 374 Å². The lowest BCUT2D eigenvalue weighted by molar-refractivity contribution is 1.40. The second-order valence-electron chi connectivity index (χ2n) is 16.9. The summed E-state index contributed by atoms with van der Waals surface area (Å²) in [5, 5.41) is 20.7. The van der Waals surface area contributed by atoms with Crippen LogP contribution in [0.4, 0.5) is 0 Å². The van der Waals surface area contributed by atoms with Crippen LogP contribution in [0.3, 0.4) is 0 Å². The normalized spacial score (nSPS) is 11.3. The summed E-state index contributed by atoms with van der Waals surface area (Å²) in [6.07, 6.45) is 0. The van der Waals surface area contributed by atoms with Crippen LogP contribution in [0.1, 0.15) is 11.1 Å². The molecule has 13 aromatic carbocycles. The molecule has 0 atom stereocenters. The fraction of sp³-hybridized carbons (Fsp3) is 0.0312. The number of hydrogen-bond donors (Lipinski definition) is 0. The van der Waals surface area contributed by atoms with E-state index in [0.29, 0.717) is 0 Å². The first-order valence-corrected chi connectivity index (χ1v) is 22.2. The van der Waals surface area contributed by atoms with Gasteiger partial charge in [-0.05, 0) is 147 Å². The summed E-state index contributed by atoms with van der Waals surface area (Å²) in [6, 6.07) is 87.7. The average molecular weight is 815 g/mol. The van der Waals surface area contributed by atoms with Gasteiger partial charge >= 0.3 is 0 Å². The van der Waals surface area contributed by atoms with E-state index in [1.54, 1.807) is 0 Å². The predicted octanol–water partition coefficient (Wildman–Crippen LogP) is 18.2. The molecule has 13 aromatic rings. The Morgan fingerprint density at radius 2 is 0.312 bits per heavy atom. The summed E-state index contributed by atoms with van der Waals surface area (Å²) in [6.45, 7) is 4.19. The number of fused-ring (bicyclic) bond motifs is 8. The van der Waals surface area contributed by atoms with Crippen molar-refractivity contribution in [2.24, 2.45) is 0 Å². The van der Waals surface area contributed by atoms with Gasteiger partial charge in [0.15, 0.2) is 0 Å². The number of benzene rings is 13. The lowest BCUT2D eigenvalue weighted by atomic mass is 9.86. The van der Waals surface area contributed by atoms with E-state index < -0.39 is 0 Å². The smallest absolute Gasteiger partial charge is 0.00143 e. The van der Waals surface area contributed by atoms with Crippen molar-refractivity contribution in [3.8, 4) is 22.3 Å². The Balaban J connectivity index is 0.000000122. The van der Waals surface area contributed by atoms with E-state index in [-0.39, 0.29) is 0 Å². The molecule has 0 aliphatic heterocycles. The molecule has 64 heavy (non-hydrogen) atoms. The van der Waals surface area contributed by atoms with Gasteiger partial charge in [-0.1, -0.05) is 230 Å². The molecule has 0 nitrogen and oxygen atoms in total. The SMILES string of the molecule is Cc1ccc(C)cc1.c1ccc2c(-c3c4ccccc4cc4ccccc34)c3ccccc3cc2c1.c1ccc2c(-c3c4ccccc4cc4ccccc34)c3ccccc3cc2c1. The van der Waals surface area contributed by atoms with Gasteiger partial charge in [-0.25, -0.2) is 0 Å². The van der Waals surface area contributed by atoms with Crippen LogP contribution in [0.25, 0.3) is 108 Å². The monoisotopic (exact) mass is 814 g/mol. The topological polar surface area (TPSA) is 0 Å². The third-order valence-electron chi connectivity index (χ3n) is 12.8. The molecule has 0 heterocycles. The summed E-state index contributed by atoms with van der Waals surface area (Å²) in [4.78, 5) is 0. The first kappa shape index (κ1) is 38.8. The molecule has 0 saturated heterocycles. The van der Waals surface area contributed by atoms with Crippen LogP contribution in [0.2, 0.25) is 0 Å². The van der Waals surface area contributed by atoms with Gasteiger partial charge in [0.05, 0.1) is 0 Å². The molecule has 0 aliphatic rings. The van der Waals surface area contributed by atoms with Crippen LogP contribution in [-0.2, 0) is 0 Å². The summed E-state index contributed by atoms with van der Waals surface area (Å²) in [7, 11) is 0. The molecule has 0 radical (unpaired) electrons. The molecule has 0 fully saturated rings. The van der Waals surface area contributed by atoms with Gasteiger partial charge in [0.2, 0.25) is 0 Å². The van der Waals surface area contributed by atoms with E-state index in [9.17, 15) is 0 Å². The summed E-state index contributed by atoms with van der Waals surface area (Å²) in [5.41, 5.74) is 8.00. The first-order valence-electron chi connectivity index (χ1n) is 22.2. The molecule has 0 spiro atoms. The second kappa shape index (κ2) is 16.7. The molecule has 0 heteroatoms. The largest absolute Gasteiger partial charge is 0.0616 e. The minimum atomic E-state index is 1.29. The predicted molar refractivity (Wildman–Crippen MR) is 280 cm³/mol. The minimum Gasteiger partial charge on any atom is -0.0616 e. The van der Waals surface area contributed by atoms with Crippen molar-refractivity contribution in [1.29, 1.82) is 0 Å². The Kier molecular flexibility index (Phi) is 10.1. The van der Waals surface area contributed by atoms with Gasteiger partial charge in [0, 0.05) is 0 Å². The Morgan fingerprint density at radius 1 is 0.172 bits per heavy atom. The van der Waals surface area contributed by atoms with Crippen LogP contribution >= 0.6 is 0 Å². The van der Waals surface area contributed by atoms with Gasteiger partial charge in [-0.2, -0.15) is 0 Å². The van der Waals surface area contributed by atoms with Crippen LogP contribution in [0, 0.1) is 13.8 Å². The van der Waals surface area contributed by atoms with Crippen molar-refractivity contribution >= 4 is 86.2 Å². The molecular weight excluding hydrogens is 769 g/mol. The molecule has 13 rings (SSSR count). The summed E-state index contributed by atoms with van der Waals surface area (Å²) < 4.78 is 0. The van der Waals surface area contributed by atoms with Crippen molar-refractivity contribution < 1.29 is 0 Å². The fourth-order valence-electron chi connectivity index (χ4n) is 9.77. The second-order valence-corrected chi connectivity index (χ2v) is 16.9. The molecule has 0 aromatic heterocycles. The molecular formula is C64H46. The zero-order valence-corrected chi connectivity index (χ0v) is 36.1. The van der Waals surface area contributed by atoms with Gasteiger partial charge in [-0.15, -0.1) is 0 Å². The molecule has 0 saturated carbocycles. The van der Waals surface area contributed by atoms with Crippen LogP contribution in [-0.4, -0.2) is 0 Å². The highest BCUT2D eigenvalue weighted by atomic mass is 14.2. The summed E-state index contributed by atoms with van der Waals surface area (Å²) >= 11 is 0. The summed E-state index contributed by atoms with van der Waals surface area (Å²) in [5.74, 6) is 0. The highest BCUT2D eigenvalue weighted by Crippen LogP contribution is 2.45. The highest BCUT2D eigenvalue weighted by molar-refractivity contribution is 6.24. The highest BCUT2D eigenvalue weighted by Gasteiger charge is 2.17. The van der Waals surface area contributed by atoms with Crippen molar-refractivity contribution in [3.63, 3.8) is 0 Å². The van der Waals surface area contributed by atoms with Gasteiger partial charge in [-0.3, -0.25) is 0 Å². The zero-order valence-electron chi connectivity index (χ0n) is 36.1. The van der Waals surface area contributed by atoms with Crippen LogP contribution < -0.4 is 0 Å². The maximum atomic E-state index is 2.31. The number of aryl methyl sites for hydroxylation is 2. The lowest BCUT2D eigenvalue weighted by Crippen LogP contribution is -1.89. The molecule has 0 unspecified atom stereocenters. The van der Waals surface area contributed by atoms with E-state index in [0.717, 1.165) is 0 Å².